The number of carbonyl (C=O) groups is 1. The zero-order valence-corrected chi connectivity index (χ0v) is 28.2. The Balaban J connectivity index is 0.906. The molecule has 44 heavy (non-hydrogen) atoms. The van der Waals surface area contributed by atoms with Crippen LogP contribution in [0.1, 0.15) is 150 Å². The van der Waals surface area contributed by atoms with Gasteiger partial charge in [-0.3, -0.25) is 0 Å². The van der Waals surface area contributed by atoms with E-state index in [4.69, 9.17) is 14.7 Å². The number of aliphatic imine (C=N–C) groups is 2. The summed E-state index contributed by atoms with van der Waals surface area (Å²) in [5.41, 5.74) is 1.96. The smallest absolute Gasteiger partial charge is 0.338 e. The van der Waals surface area contributed by atoms with Gasteiger partial charge in [-0.25, -0.2) is 14.8 Å². The zero-order chi connectivity index (χ0) is 30.6. The normalized spacial score (nSPS) is 32.8. The van der Waals surface area contributed by atoms with Crippen LogP contribution in [0.3, 0.4) is 0 Å². The molecule has 0 saturated carbocycles. The lowest BCUT2D eigenvalue weighted by Crippen LogP contribution is -2.59. The van der Waals surface area contributed by atoms with Gasteiger partial charge in [-0.2, -0.15) is 0 Å². The lowest BCUT2D eigenvalue weighted by atomic mass is 9.97. The van der Waals surface area contributed by atoms with Crippen LogP contribution in [0.5, 0.6) is 0 Å². The fourth-order valence-electron chi connectivity index (χ4n) is 9.09. The van der Waals surface area contributed by atoms with E-state index in [1.165, 1.54) is 102 Å². The van der Waals surface area contributed by atoms with Crippen LogP contribution in [0.2, 0.25) is 0 Å². The summed E-state index contributed by atoms with van der Waals surface area (Å²) >= 11 is 0. The Labute approximate surface area is 266 Å². The van der Waals surface area contributed by atoms with Crippen LogP contribution in [0.4, 0.5) is 0 Å². The second kappa shape index (κ2) is 14.5. The van der Waals surface area contributed by atoms with Crippen molar-refractivity contribution in [2.45, 2.75) is 198 Å². The van der Waals surface area contributed by atoms with Crippen LogP contribution >= 0.6 is 0 Å². The van der Waals surface area contributed by atoms with Crippen molar-refractivity contribution in [1.82, 2.24) is 20.4 Å². The lowest BCUT2D eigenvalue weighted by molar-refractivity contribution is -0.144. The first-order chi connectivity index (χ1) is 21.4. The van der Waals surface area contributed by atoms with Gasteiger partial charge in [0.05, 0.1) is 23.8 Å². The highest BCUT2D eigenvalue weighted by atomic mass is 16.5. The summed E-state index contributed by atoms with van der Waals surface area (Å²) < 4.78 is 6.04. The highest BCUT2D eigenvalue weighted by Gasteiger charge is 2.45. The number of nitrogens with zero attached hydrogens (tertiary/aromatic N) is 4. The standard InChI is InChI=1S/C36H60N6O2/c1-5-6-7-8-12-15-28-23-31-19-20-32-33(26(4)38-36(40-28)42(31)32)34(43)44-25(3)14-11-9-10-13-16-27-22-30-18-17-29-21-24(2)37-35(39-27)41(29)30/h24-31H,5-23H2,1-4H3,(H,37,39)(H,38,40)/t24-,25?,26?,27+,28+,29+,30-,31-/m0/s1. The molecule has 8 heteroatoms. The Bertz CT molecular complexity index is 1100. The molecule has 2 unspecified atom stereocenters. The fraction of sp³-hybridized carbons (Fsp3) is 0.861. The van der Waals surface area contributed by atoms with Crippen molar-refractivity contribution < 1.29 is 9.53 Å². The van der Waals surface area contributed by atoms with E-state index < -0.39 is 0 Å². The third-order valence-electron chi connectivity index (χ3n) is 11.3. The van der Waals surface area contributed by atoms with Crippen LogP contribution in [-0.2, 0) is 9.53 Å². The molecule has 6 heterocycles. The summed E-state index contributed by atoms with van der Waals surface area (Å²) in [5, 5.41) is 7.41. The Morgan fingerprint density at radius 2 is 1.61 bits per heavy atom. The maximum atomic E-state index is 13.4. The molecule has 6 rings (SSSR count). The van der Waals surface area contributed by atoms with Gasteiger partial charge in [0.25, 0.3) is 0 Å². The van der Waals surface area contributed by atoms with Gasteiger partial charge in [0.1, 0.15) is 0 Å². The molecule has 6 aliphatic rings. The number of nitrogens with one attached hydrogen (secondary N) is 2. The molecule has 0 spiro atoms. The monoisotopic (exact) mass is 608 g/mol. The van der Waals surface area contributed by atoms with Crippen molar-refractivity contribution in [2.24, 2.45) is 9.98 Å². The number of hydrogen-bond donors (Lipinski definition) is 2. The summed E-state index contributed by atoms with van der Waals surface area (Å²) in [4.78, 5) is 28.5. The van der Waals surface area contributed by atoms with Gasteiger partial charge in [-0.1, -0.05) is 58.3 Å². The van der Waals surface area contributed by atoms with E-state index in [1.54, 1.807) is 0 Å². The summed E-state index contributed by atoms with van der Waals surface area (Å²) in [6.45, 7) is 8.70. The van der Waals surface area contributed by atoms with Gasteiger partial charge >= 0.3 is 5.97 Å². The first-order valence-electron chi connectivity index (χ1n) is 18.6. The molecule has 0 aromatic carbocycles. The van der Waals surface area contributed by atoms with Crippen LogP contribution in [0.25, 0.3) is 0 Å². The highest BCUT2D eigenvalue weighted by molar-refractivity contribution is 5.96. The molecule has 0 aromatic rings. The summed E-state index contributed by atoms with van der Waals surface area (Å²) in [7, 11) is 0. The van der Waals surface area contributed by atoms with Crippen molar-refractivity contribution >= 4 is 17.9 Å². The Morgan fingerprint density at radius 1 is 0.864 bits per heavy atom. The first kappa shape index (κ1) is 31.7. The van der Waals surface area contributed by atoms with Gasteiger partial charge in [0.2, 0.25) is 0 Å². The third-order valence-corrected chi connectivity index (χ3v) is 11.3. The fourth-order valence-corrected chi connectivity index (χ4v) is 9.09. The van der Waals surface area contributed by atoms with Crippen molar-refractivity contribution in [2.75, 3.05) is 0 Å². The van der Waals surface area contributed by atoms with E-state index in [1.807, 2.05) is 0 Å². The van der Waals surface area contributed by atoms with E-state index in [-0.39, 0.29) is 18.1 Å². The third kappa shape index (κ3) is 7.09. The molecule has 246 valence electrons. The minimum Gasteiger partial charge on any atom is -0.459 e. The lowest BCUT2D eigenvalue weighted by Gasteiger charge is -2.44. The molecule has 8 nitrogen and oxygen atoms in total. The van der Waals surface area contributed by atoms with Gasteiger partial charge in [0, 0.05) is 35.9 Å². The summed E-state index contributed by atoms with van der Waals surface area (Å²) in [6.07, 6.45) is 23.0. The van der Waals surface area contributed by atoms with E-state index in [2.05, 4.69) is 48.1 Å². The first-order valence-corrected chi connectivity index (χ1v) is 18.6. The number of ether oxygens (including phenoxy) is 1. The minimum atomic E-state index is -0.150. The second-order valence-corrected chi connectivity index (χ2v) is 15.0. The molecule has 8 atom stereocenters. The van der Waals surface area contributed by atoms with Gasteiger partial charge in [-0.15, -0.1) is 0 Å². The van der Waals surface area contributed by atoms with Gasteiger partial charge in [0.15, 0.2) is 11.9 Å². The van der Waals surface area contributed by atoms with Crippen LogP contribution < -0.4 is 10.6 Å². The number of carbonyl (C=O) groups excluding carboxylic acids is 1. The summed E-state index contributed by atoms with van der Waals surface area (Å²) in [5.74, 6) is 2.04. The molecule has 4 saturated heterocycles. The quantitative estimate of drug-likeness (QED) is 0.157. The number of guanidine groups is 2. The SMILES string of the molecule is CCCCCCC[C@@H]1C[C@@H]2CCC3=C(C(=O)OC(C)CCCCCC[C@@H]4C[C@@H]5CC[C@@H]6C[C@H](C)NC(=N4)N65)C(C)N=C(N1)N32. The number of esters is 1. The Kier molecular flexibility index (Phi) is 10.4. The van der Waals surface area contributed by atoms with E-state index in [0.29, 0.717) is 30.2 Å². The van der Waals surface area contributed by atoms with Gasteiger partial charge in [-0.05, 0) is 91.4 Å². The van der Waals surface area contributed by atoms with Crippen LogP contribution in [0.15, 0.2) is 21.3 Å². The number of unbranched alkanes of at least 4 members (excludes halogenated alkanes) is 7. The molecule has 0 bridgehead atoms. The van der Waals surface area contributed by atoms with E-state index >= 15 is 0 Å². The molecule has 0 radical (unpaired) electrons. The molecule has 6 aliphatic heterocycles. The highest BCUT2D eigenvalue weighted by Crippen LogP contribution is 2.40. The van der Waals surface area contributed by atoms with Crippen LogP contribution in [-0.4, -0.2) is 76.1 Å². The van der Waals surface area contributed by atoms with Crippen molar-refractivity contribution in [1.29, 1.82) is 0 Å². The molecular weight excluding hydrogens is 548 g/mol. The Morgan fingerprint density at radius 3 is 2.43 bits per heavy atom. The second-order valence-electron chi connectivity index (χ2n) is 15.0. The molecule has 4 fully saturated rings. The number of hydrogen-bond acceptors (Lipinski definition) is 8. The van der Waals surface area contributed by atoms with Crippen LogP contribution in [0, 0.1) is 0 Å². The van der Waals surface area contributed by atoms with Crippen molar-refractivity contribution in [3.05, 3.63) is 11.3 Å². The van der Waals surface area contributed by atoms with Gasteiger partial charge < -0.3 is 25.2 Å². The largest absolute Gasteiger partial charge is 0.459 e. The average Bonchev–Trinajstić information content (AvgIpc) is 3.60. The average molecular weight is 609 g/mol. The predicted octanol–water partition coefficient (Wildman–Crippen LogP) is 6.80. The number of rotatable bonds is 15. The topological polar surface area (TPSA) is 81.6 Å². The molecule has 0 amide bonds. The predicted molar refractivity (Wildman–Crippen MR) is 179 cm³/mol. The van der Waals surface area contributed by atoms with E-state index in [0.717, 1.165) is 49.7 Å². The maximum Gasteiger partial charge on any atom is 0.338 e. The van der Waals surface area contributed by atoms with Crippen molar-refractivity contribution in [3.63, 3.8) is 0 Å². The molecule has 0 aliphatic carbocycles. The minimum absolute atomic E-state index is 0.0626. The zero-order valence-electron chi connectivity index (χ0n) is 28.2. The Hall–Kier alpha value is -2.25. The van der Waals surface area contributed by atoms with E-state index in [9.17, 15) is 4.79 Å². The molecule has 2 N–H and O–H groups in total. The maximum absolute atomic E-state index is 13.4. The number of allylic oxidation sites excluding steroid dienone is 1. The summed E-state index contributed by atoms with van der Waals surface area (Å²) in [6, 6.07) is 3.27. The molecular formula is C36H60N6O2. The molecule has 0 aromatic heterocycles. The van der Waals surface area contributed by atoms with Crippen molar-refractivity contribution in [3.8, 4) is 0 Å².